The molecule has 1 N–H and O–H groups in total. The van der Waals surface area contributed by atoms with Gasteiger partial charge in [-0.05, 0) is 37.8 Å². The maximum Gasteiger partial charge on any atom is 0.305 e. The predicted molar refractivity (Wildman–Crippen MR) is 125 cm³/mol. The van der Waals surface area contributed by atoms with Gasteiger partial charge in [0, 0.05) is 25.2 Å². The number of nitrogens with zero attached hydrogens (tertiary/aromatic N) is 4. The van der Waals surface area contributed by atoms with Crippen LogP contribution in [0.25, 0.3) is 17.1 Å². The van der Waals surface area contributed by atoms with Crippen molar-refractivity contribution in [2.24, 2.45) is 0 Å². The van der Waals surface area contributed by atoms with E-state index >= 15 is 0 Å². The number of nitrogens with one attached hydrogen (secondary N) is 1. The lowest BCUT2D eigenvalue weighted by molar-refractivity contribution is -0.140. The minimum absolute atomic E-state index is 0.130. The van der Waals surface area contributed by atoms with Crippen LogP contribution in [0.15, 0.2) is 40.3 Å². The van der Waals surface area contributed by atoms with E-state index < -0.39 is 0 Å². The SMILES string of the molecule is COC(=O)CCCNC(=O)CSc1nc2nn(-c3ccccc3)c(=O)c-2c2n1CCCCC2. The molecule has 9 nitrogen and oxygen atoms in total. The molecule has 4 rings (SSSR count). The Morgan fingerprint density at radius 2 is 2.00 bits per heavy atom. The maximum atomic E-state index is 13.3. The van der Waals surface area contributed by atoms with Crippen molar-refractivity contribution < 1.29 is 14.3 Å². The molecule has 10 heteroatoms. The molecular formula is C23H27N5O4S. The number of hydrogen-bond donors (Lipinski definition) is 1. The number of rotatable bonds is 8. The third kappa shape index (κ3) is 5.27. The summed E-state index contributed by atoms with van der Waals surface area (Å²) in [6, 6.07) is 9.33. The fourth-order valence-corrected chi connectivity index (χ4v) is 4.82. The van der Waals surface area contributed by atoms with Gasteiger partial charge in [-0.2, -0.15) is 4.68 Å². The number of para-hydroxylation sites is 1. The van der Waals surface area contributed by atoms with Gasteiger partial charge < -0.3 is 14.6 Å². The van der Waals surface area contributed by atoms with Gasteiger partial charge in [-0.3, -0.25) is 14.4 Å². The Morgan fingerprint density at radius 1 is 1.18 bits per heavy atom. The van der Waals surface area contributed by atoms with Crippen molar-refractivity contribution in [2.75, 3.05) is 19.4 Å². The lowest BCUT2D eigenvalue weighted by atomic mass is 10.1. The summed E-state index contributed by atoms with van der Waals surface area (Å²) in [5.41, 5.74) is 2.06. The number of thioether (sulfide) groups is 1. The standard InChI is InChI=1S/C23H27N5O4S/c1-32-19(30)12-8-13-24-18(29)15-33-23-25-21-20(17-11-6-3-7-14-27(17)23)22(31)28(26-21)16-9-4-2-5-10-16/h2,4-5,9-10H,3,6-8,11-15H2,1H3,(H,24,29). The highest BCUT2D eigenvalue weighted by Gasteiger charge is 2.27. The molecule has 1 amide bonds. The largest absolute Gasteiger partial charge is 0.469 e. The molecule has 0 saturated carbocycles. The third-order valence-corrected chi connectivity index (χ3v) is 6.58. The van der Waals surface area contributed by atoms with Crippen LogP contribution in [-0.4, -0.2) is 50.6 Å². The van der Waals surface area contributed by atoms with Crippen LogP contribution >= 0.6 is 11.8 Å². The van der Waals surface area contributed by atoms with Gasteiger partial charge in [0.2, 0.25) is 5.91 Å². The molecule has 0 unspecified atom stereocenters. The van der Waals surface area contributed by atoms with E-state index in [0.717, 1.165) is 37.9 Å². The Kier molecular flexibility index (Phi) is 7.43. The molecule has 3 aliphatic rings. The number of ether oxygens (including phenoxy) is 1. The predicted octanol–water partition coefficient (Wildman–Crippen LogP) is 2.42. The second-order valence-electron chi connectivity index (χ2n) is 7.87. The monoisotopic (exact) mass is 469 g/mol. The number of methoxy groups -OCH3 is 1. The van der Waals surface area contributed by atoms with Gasteiger partial charge >= 0.3 is 5.97 Å². The lowest BCUT2D eigenvalue weighted by Crippen LogP contribution is -2.27. The molecular weight excluding hydrogens is 442 g/mol. The van der Waals surface area contributed by atoms with Crippen LogP contribution in [0, 0.1) is 0 Å². The average molecular weight is 470 g/mol. The molecule has 0 atom stereocenters. The molecule has 1 aromatic carbocycles. The van der Waals surface area contributed by atoms with Crippen molar-refractivity contribution in [3.05, 3.63) is 46.4 Å². The number of carbonyl (C=O) groups is 2. The summed E-state index contributed by atoms with van der Waals surface area (Å²) in [7, 11) is 1.35. The molecule has 0 saturated heterocycles. The van der Waals surface area contributed by atoms with Crippen molar-refractivity contribution in [3.63, 3.8) is 0 Å². The van der Waals surface area contributed by atoms with E-state index in [4.69, 9.17) is 4.98 Å². The first kappa shape index (κ1) is 23.0. The summed E-state index contributed by atoms with van der Waals surface area (Å²) in [4.78, 5) is 41.4. The molecule has 0 aliphatic carbocycles. The molecule has 174 valence electrons. The Balaban J connectivity index is 1.56. The van der Waals surface area contributed by atoms with Crippen LogP contribution in [0.2, 0.25) is 0 Å². The minimum atomic E-state index is -0.289. The van der Waals surface area contributed by atoms with Gasteiger partial charge in [0.15, 0.2) is 11.0 Å². The van der Waals surface area contributed by atoms with Gasteiger partial charge in [0.25, 0.3) is 5.56 Å². The maximum absolute atomic E-state index is 13.3. The highest BCUT2D eigenvalue weighted by Crippen LogP contribution is 2.30. The number of esters is 1. The van der Waals surface area contributed by atoms with Crippen LogP contribution in [-0.2, 0) is 27.3 Å². The fraction of sp³-hybridized carbons (Fsp3) is 0.435. The Labute approximate surface area is 195 Å². The van der Waals surface area contributed by atoms with Gasteiger partial charge in [-0.15, -0.1) is 5.10 Å². The zero-order chi connectivity index (χ0) is 23.2. The Morgan fingerprint density at radius 3 is 2.79 bits per heavy atom. The van der Waals surface area contributed by atoms with Crippen molar-refractivity contribution in [2.45, 2.75) is 50.2 Å². The van der Waals surface area contributed by atoms with Gasteiger partial charge in [-0.25, -0.2) is 4.98 Å². The average Bonchev–Trinajstić information content (AvgIpc) is 2.99. The van der Waals surface area contributed by atoms with Crippen LogP contribution in [0.3, 0.4) is 0 Å². The molecule has 3 heterocycles. The van der Waals surface area contributed by atoms with Gasteiger partial charge in [0.05, 0.1) is 18.6 Å². The summed E-state index contributed by atoms with van der Waals surface area (Å²) >= 11 is 1.34. The highest BCUT2D eigenvalue weighted by atomic mass is 32.2. The summed E-state index contributed by atoms with van der Waals surface area (Å²) in [5.74, 6) is 0.190. The van der Waals surface area contributed by atoms with E-state index in [2.05, 4.69) is 19.7 Å². The normalized spacial score (nSPS) is 13.4. The van der Waals surface area contributed by atoms with E-state index in [1.54, 1.807) is 0 Å². The smallest absolute Gasteiger partial charge is 0.305 e. The molecule has 1 aromatic rings. The van der Waals surface area contributed by atoms with Crippen molar-refractivity contribution in [1.29, 1.82) is 0 Å². The fourth-order valence-electron chi connectivity index (χ4n) is 3.95. The summed E-state index contributed by atoms with van der Waals surface area (Å²) < 4.78 is 8.10. The minimum Gasteiger partial charge on any atom is -0.469 e. The molecule has 0 aromatic heterocycles. The summed E-state index contributed by atoms with van der Waals surface area (Å²) in [6.45, 7) is 1.17. The first-order valence-corrected chi connectivity index (χ1v) is 12.1. The lowest BCUT2D eigenvalue weighted by Gasteiger charge is -2.17. The number of benzene rings is 1. The van der Waals surface area contributed by atoms with Crippen molar-refractivity contribution in [3.8, 4) is 17.1 Å². The first-order chi connectivity index (χ1) is 16.1. The van der Waals surface area contributed by atoms with E-state index in [1.807, 2.05) is 30.3 Å². The Hall–Kier alpha value is -3.14. The summed E-state index contributed by atoms with van der Waals surface area (Å²) in [6.07, 6.45) is 4.66. The molecule has 0 bridgehead atoms. The van der Waals surface area contributed by atoms with Crippen LogP contribution in [0.1, 0.15) is 37.8 Å². The quantitative estimate of drug-likeness (QED) is 0.234. The van der Waals surface area contributed by atoms with E-state index in [-0.39, 0.29) is 29.6 Å². The molecule has 3 aliphatic heterocycles. The van der Waals surface area contributed by atoms with E-state index in [1.165, 1.54) is 23.6 Å². The van der Waals surface area contributed by atoms with E-state index in [0.29, 0.717) is 35.2 Å². The molecule has 0 fully saturated rings. The Bertz CT molecular complexity index is 1160. The second kappa shape index (κ2) is 10.7. The van der Waals surface area contributed by atoms with Crippen LogP contribution in [0.4, 0.5) is 0 Å². The number of carbonyl (C=O) groups excluding carboxylic acids is 2. The zero-order valence-corrected chi connectivity index (χ0v) is 19.4. The molecule has 0 radical (unpaired) electrons. The number of aromatic nitrogens is 4. The topological polar surface area (TPSA) is 108 Å². The van der Waals surface area contributed by atoms with Gasteiger partial charge in [-0.1, -0.05) is 36.4 Å². The summed E-state index contributed by atoms with van der Waals surface area (Å²) in [5, 5.41) is 8.03. The number of fused-ring (bicyclic) bond motifs is 3. The van der Waals surface area contributed by atoms with Crippen LogP contribution in [0.5, 0.6) is 0 Å². The number of hydrogen-bond acceptors (Lipinski definition) is 7. The second-order valence-corrected chi connectivity index (χ2v) is 8.82. The molecule has 0 spiro atoms. The number of amides is 1. The highest BCUT2D eigenvalue weighted by molar-refractivity contribution is 7.99. The van der Waals surface area contributed by atoms with Gasteiger partial charge in [0.1, 0.15) is 5.56 Å². The zero-order valence-electron chi connectivity index (χ0n) is 18.6. The third-order valence-electron chi connectivity index (χ3n) is 5.61. The van der Waals surface area contributed by atoms with Crippen molar-refractivity contribution in [1.82, 2.24) is 24.6 Å². The first-order valence-electron chi connectivity index (χ1n) is 11.1. The van der Waals surface area contributed by atoms with Crippen LogP contribution < -0.4 is 10.9 Å². The van der Waals surface area contributed by atoms with Crippen molar-refractivity contribution >= 4 is 23.6 Å². The van der Waals surface area contributed by atoms with E-state index in [9.17, 15) is 14.4 Å². The molecule has 33 heavy (non-hydrogen) atoms.